The number of benzene rings is 2. The van der Waals surface area contributed by atoms with Crippen LogP contribution in [-0.4, -0.2) is 64.1 Å². The molecule has 3 aromatic rings. The number of hydrogen-bond acceptors (Lipinski definition) is 5. The number of aromatic nitrogens is 2. The van der Waals surface area contributed by atoms with Gasteiger partial charge in [0, 0.05) is 37.3 Å². The number of nitrogens with one attached hydrogen (secondary N) is 1. The highest BCUT2D eigenvalue weighted by Gasteiger charge is 2.27. The molecule has 2 amide bonds. The Morgan fingerprint density at radius 2 is 1.62 bits per heavy atom. The molecule has 0 unspecified atom stereocenters. The van der Waals surface area contributed by atoms with Crippen molar-refractivity contribution in [2.24, 2.45) is 0 Å². The molecule has 8 nitrogen and oxygen atoms in total. The number of carbonyl (C=O) groups excluding carboxylic acids is 2. The van der Waals surface area contributed by atoms with Crippen LogP contribution in [-0.2, 0) is 11.2 Å². The normalized spacial score (nSPS) is 14.5. The van der Waals surface area contributed by atoms with Crippen LogP contribution in [0.4, 0.5) is 5.69 Å². The third-order valence-corrected chi connectivity index (χ3v) is 6.22. The van der Waals surface area contributed by atoms with Crippen LogP contribution in [0.1, 0.15) is 42.9 Å². The molecule has 34 heavy (non-hydrogen) atoms. The van der Waals surface area contributed by atoms with Gasteiger partial charge in [0.2, 0.25) is 5.91 Å². The number of piperazine rings is 1. The lowest BCUT2D eigenvalue weighted by molar-refractivity contribution is -0.117. The van der Waals surface area contributed by atoms with Crippen LogP contribution in [0.2, 0.25) is 0 Å². The van der Waals surface area contributed by atoms with Crippen LogP contribution >= 0.6 is 0 Å². The van der Waals surface area contributed by atoms with Gasteiger partial charge in [-0.1, -0.05) is 43.3 Å². The summed E-state index contributed by atoms with van der Waals surface area (Å²) in [5.41, 5.74) is 2.06. The summed E-state index contributed by atoms with van der Waals surface area (Å²) in [5.74, 6) is -0.246. The van der Waals surface area contributed by atoms with Gasteiger partial charge in [0.05, 0.1) is 18.0 Å². The highest BCUT2D eigenvalue weighted by Crippen LogP contribution is 2.18. The Bertz CT molecular complexity index is 1260. The van der Waals surface area contributed by atoms with E-state index in [9.17, 15) is 14.4 Å². The second-order valence-electron chi connectivity index (χ2n) is 8.86. The minimum Gasteiger partial charge on any atom is -0.335 e. The number of anilines is 1. The maximum absolute atomic E-state index is 13.4. The number of hydrogen-bond donors (Lipinski definition) is 1. The zero-order chi connectivity index (χ0) is 24.2. The lowest BCUT2D eigenvalue weighted by atomic mass is 10.1. The fraction of sp³-hybridized carbons (Fsp3) is 0.385. The molecule has 0 bridgehead atoms. The summed E-state index contributed by atoms with van der Waals surface area (Å²) in [6, 6.07) is 14.8. The van der Waals surface area contributed by atoms with E-state index in [1.807, 2.05) is 49.1 Å². The van der Waals surface area contributed by atoms with Crippen molar-refractivity contribution in [1.29, 1.82) is 0 Å². The van der Waals surface area contributed by atoms with Crippen molar-refractivity contribution >= 4 is 28.3 Å². The summed E-state index contributed by atoms with van der Waals surface area (Å²) in [6.07, 6.45) is 0.851. The number of amides is 2. The van der Waals surface area contributed by atoms with Gasteiger partial charge in [0.25, 0.3) is 11.5 Å². The molecular weight excluding hydrogens is 430 g/mol. The Hall–Kier alpha value is -3.52. The maximum atomic E-state index is 13.4. The molecule has 1 aliphatic rings. The molecular formula is C26H31N5O3. The molecule has 0 aliphatic carbocycles. The number of para-hydroxylation sites is 1. The lowest BCUT2D eigenvalue weighted by Gasteiger charge is -2.34. The van der Waals surface area contributed by atoms with Gasteiger partial charge in [-0.15, -0.1) is 0 Å². The SMILES string of the molecule is CCc1ccccc1NC(=O)CN1CCN(C(=O)c2nn(C(C)C)c(=O)c3ccccc23)CC1. The van der Waals surface area contributed by atoms with E-state index in [-0.39, 0.29) is 30.0 Å². The predicted octanol–water partition coefficient (Wildman–Crippen LogP) is 2.94. The van der Waals surface area contributed by atoms with Gasteiger partial charge < -0.3 is 10.2 Å². The van der Waals surface area contributed by atoms with E-state index in [2.05, 4.69) is 17.3 Å². The second-order valence-corrected chi connectivity index (χ2v) is 8.86. The van der Waals surface area contributed by atoms with Gasteiger partial charge in [-0.25, -0.2) is 4.68 Å². The first-order valence-corrected chi connectivity index (χ1v) is 11.8. The average molecular weight is 462 g/mol. The van der Waals surface area contributed by atoms with Crippen LogP contribution < -0.4 is 10.9 Å². The van der Waals surface area contributed by atoms with Crippen molar-refractivity contribution in [3.8, 4) is 0 Å². The van der Waals surface area contributed by atoms with Gasteiger partial charge in [-0.2, -0.15) is 5.10 Å². The van der Waals surface area contributed by atoms with E-state index < -0.39 is 0 Å². The fourth-order valence-corrected chi connectivity index (χ4v) is 4.32. The van der Waals surface area contributed by atoms with Crippen molar-refractivity contribution in [2.75, 3.05) is 38.0 Å². The number of aryl methyl sites for hydroxylation is 1. The van der Waals surface area contributed by atoms with Gasteiger partial charge in [0.15, 0.2) is 5.69 Å². The highest BCUT2D eigenvalue weighted by atomic mass is 16.2. The number of rotatable bonds is 6. The number of nitrogens with zero attached hydrogens (tertiary/aromatic N) is 4. The molecule has 1 saturated heterocycles. The summed E-state index contributed by atoms with van der Waals surface area (Å²) in [6.45, 7) is 8.27. The summed E-state index contributed by atoms with van der Waals surface area (Å²) < 4.78 is 1.38. The van der Waals surface area contributed by atoms with E-state index in [1.54, 1.807) is 23.1 Å². The van der Waals surface area contributed by atoms with Crippen LogP contribution in [0.5, 0.6) is 0 Å². The van der Waals surface area contributed by atoms with Crippen molar-refractivity contribution in [1.82, 2.24) is 19.6 Å². The molecule has 2 heterocycles. The van der Waals surface area contributed by atoms with Gasteiger partial charge in [0.1, 0.15) is 0 Å². The minimum atomic E-state index is -0.192. The number of carbonyl (C=O) groups is 2. The van der Waals surface area contributed by atoms with Crippen LogP contribution in [0, 0.1) is 0 Å². The molecule has 0 radical (unpaired) electrons. The van der Waals surface area contributed by atoms with Gasteiger partial charge in [-0.05, 0) is 38.0 Å². The minimum absolute atomic E-state index is 0.0580. The van der Waals surface area contributed by atoms with E-state index in [0.717, 1.165) is 17.7 Å². The summed E-state index contributed by atoms with van der Waals surface area (Å²) in [7, 11) is 0. The molecule has 1 fully saturated rings. The van der Waals surface area contributed by atoms with E-state index >= 15 is 0 Å². The van der Waals surface area contributed by atoms with Crippen molar-refractivity contribution in [2.45, 2.75) is 33.2 Å². The Kier molecular flexibility index (Phi) is 7.07. The molecule has 1 N–H and O–H groups in total. The summed E-state index contributed by atoms with van der Waals surface area (Å²) in [5, 5.41) is 8.52. The first-order chi connectivity index (χ1) is 16.4. The van der Waals surface area contributed by atoms with Crippen LogP contribution in [0.25, 0.3) is 10.8 Å². The lowest BCUT2D eigenvalue weighted by Crippen LogP contribution is -2.50. The monoisotopic (exact) mass is 461 g/mol. The fourth-order valence-electron chi connectivity index (χ4n) is 4.32. The largest absolute Gasteiger partial charge is 0.335 e. The second kappa shape index (κ2) is 10.2. The molecule has 178 valence electrons. The predicted molar refractivity (Wildman–Crippen MR) is 133 cm³/mol. The Labute approximate surface area is 199 Å². The first kappa shape index (κ1) is 23.6. The maximum Gasteiger partial charge on any atom is 0.275 e. The zero-order valence-electron chi connectivity index (χ0n) is 20.0. The van der Waals surface area contributed by atoms with Crippen LogP contribution in [0.3, 0.4) is 0 Å². The van der Waals surface area contributed by atoms with Gasteiger partial charge in [-0.3, -0.25) is 19.3 Å². The van der Waals surface area contributed by atoms with E-state index in [4.69, 9.17) is 0 Å². The third-order valence-electron chi connectivity index (χ3n) is 6.22. The summed E-state index contributed by atoms with van der Waals surface area (Å²) >= 11 is 0. The Balaban J connectivity index is 1.43. The molecule has 0 atom stereocenters. The standard InChI is InChI=1S/C26H31N5O3/c1-4-19-9-5-8-12-22(19)27-23(32)17-29-13-15-30(16-14-29)26(34)24-20-10-6-7-11-21(20)25(33)31(28-24)18(2)3/h5-12,18H,4,13-17H2,1-3H3,(H,27,32). The van der Waals surface area contributed by atoms with E-state index in [0.29, 0.717) is 42.6 Å². The number of fused-ring (bicyclic) bond motifs is 1. The average Bonchev–Trinajstić information content (AvgIpc) is 2.84. The first-order valence-electron chi connectivity index (χ1n) is 11.8. The summed E-state index contributed by atoms with van der Waals surface area (Å²) in [4.78, 5) is 42.6. The molecule has 0 spiro atoms. The topological polar surface area (TPSA) is 87.5 Å². The molecule has 4 rings (SSSR count). The van der Waals surface area contributed by atoms with Crippen molar-refractivity contribution in [3.63, 3.8) is 0 Å². The Morgan fingerprint density at radius 1 is 0.971 bits per heavy atom. The molecule has 8 heteroatoms. The molecule has 2 aromatic carbocycles. The Morgan fingerprint density at radius 3 is 2.29 bits per heavy atom. The molecule has 1 aromatic heterocycles. The van der Waals surface area contributed by atoms with Crippen LogP contribution in [0.15, 0.2) is 53.3 Å². The quantitative estimate of drug-likeness (QED) is 0.610. The molecule has 1 aliphatic heterocycles. The van der Waals surface area contributed by atoms with Crippen molar-refractivity contribution < 1.29 is 9.59 Å². The van der Waals surface area contributed by atoms with E-state index in [1.165, 1.54) is 4.68 Å². The zero-order valence-corrected chi connectivity index (χ0v) is 20.0. The third kappa shape index (κ3) is 4.87. The molecule has 0 saturated carbocycles. The highest BCUT2D eigenvalue weighted by molar-refractivity contribution is 6.04. The smallest absolute Gasteiger partial charge is 0.275 e. The van der Waals surface area contributed by atoms with Crippen molar-refractivity contribution in [3.05, 3.63) is 70.1 Å². The van der Waals surface area contributed by atoms with Gasteiger partial charge >= 0.3 is 0 Å².